The minimum atomic E-state index is -4.50. The third-order valence-corrected chi connectivity index (χ3v) is 4.35. The van der Waals surface area contributed by atoms with E-state index in [1.54, 1.807) is 16.9 Å². The number of hydrogen-bond acceptors (Lipinski definition) is 4. The zero-order valence-corrected chi connectivity index (χ0v) is 17.1. The minimum absolute atomic E-state index is 0.0164. The van der Waals surface area contributed by atoms with Crippen LogP contribution in [-0.4, -0.2) is 28.2 Å². The number of anilines is 2. The van der Waals surface area contributed by atoms with Crippen LogP contribution in [0.3, 0.4) is 0 Å². The van der Waals surface area contributed by atoms with Gasteiger partial charge in [0.25, 0.3) is 11.8 Å². The number of alkyl halides is 3. The molecule has 0 atom stereocenters. The van der Waals surface area contributed by atoms with Crippen LogP contribution in [-0.2, 0) is 17.5 Å². The van der Waals surface area contributed by atoms with E-state index in [2.05, 4.69) is 15.7 Å². The molecule has 0 unspecified atom stereocenters. The number of rotatable bonds is 8. The number of hydrogen-bond donors (Lipinski definition) is 2. The second-order valence-corrected chi connectivity index (χ2v) is 6.83. The summed E-state index contributed by atoms with van der Waals surface area (Å²) in [7, 11) is 0. The first-order chi connectivity index (χ1) is 15.3. The van der Waals surface area contributed by atoms with Gasteiger partial charge >= 0.3 is 6.18 Å². The first-order valence-electron chi connectivity index (χ1n) is 9.79. The van der Waals surface area contributed by atoms with Crippen LogP contribution in [0.5, 0.6) is 5.75 Å². The fourth-order valence-corrected chi connectivity index (χ4v) is 2.84. The summed E-state index contributed by atoms with van der Waals surface area (Å²) in [5, 5.41) is 9.28. The molecular formula is C22H21F3N4O3. The zero-order chi connectivity index (χ0) is 23.1. The molecule has 0 radical (unpaired) electrons. The van der Waals surface area contributed by atoms with Gasteiger partial charge in [-0.25, -0.2) is 4.68 Å². The molecule has 0 aliphatic carbocycles. The maximum Gasteiger partial charge on any atom is 0.416 e. The van der Waals surface area contributed by atoms with E-state index >= 15 is 0 Å². The third kappa shape index (κ3) is 6.10. The monoisotopic (exact) mass is 446 g/mol. The van der Waals surface area contributed by atoms with Gasteiger partial charge in [0.2, 0.25) is 0 Å². The molecule has 2 N–H and O–H groups in total. The highest BCUT2D eigenvalue weighted by Gasteiger charge is 2.30. The number of carbonyl (C=O) groups excluding carboxylic acids is 2. The Bertz CT molecular complexity index is 1080. The average Bonchev–Trinajstić information content (AvgIpc) is 3.19. The summed E-state index contributed by atoms with van der Waals surface area (Å²) >= 11 is 0. The number of nitrogens with one attached hydrogen (secondary N) is 2. The summed E-state index contributed by atoms with van der Waals surface area (Å²) in [6.07, 6.45) is -2.02. The van der Waals surface area contributed by atoms with Crippen LogP contribution < -0.4 is 15.4 Å². The molecule has 0 saturated carbocycles. The van der Waals surface area contributed by atoms with Crippen molar-refractivity contribution in [2.45, 2.75) is 26.1 Å². The van der Waals surface area contributed by atoms with E-state index in [0.29, 0.717) is 23.7 Å². The molecule has 1 heterocycles. The predicted molar refractivity (Wildman–Crippen MR) is 112 cm³/mol. The summed E-state index contributed by atoms with van der Waals surface area (Å²) in [5.41, 5.74) is -0.458. The van der Waals surface area contributed by atoms with Gasteiger partial charge in [0.1, 0.15) is 11.6 Å². The maximum atomic E-state index is 12.8. The molecule has 7 nitrogen and oxygen atoms in total. The quantitative estimate of drug-likeness (QED) is 0.530. The van der Waals surface area contributed by atoms with Gasteiger partial charge in [-0.05, 0) is 48.9 Å². The number of aromatic nitrogens is 2. The molecular weight excluding hydrogens is 425 g/mol. The predicted octanol–water partition coefficient (Wildman–Crippen LogP) is 4.58. The largest absolute Gasteiger partial charge is 0.484 e. The third-order valence-electron chi connectivity index (χ3n) is 4.35. The molecule has 3 rings (SSSR count). The summed E-state index contributed by atoms with van der Waals surface area (Å²) in [6, 6.07) is 12.1. The fraction of sp³-hybridized carbons (Fsp3) is 0.227. The smallest absolute Gasteiger partial charge is 0.416 e. The van der Waals surface area contributed by atoms with Crippen molar-refractivity contribution < 1.29 is 27.5 Å². The molecule has 2 amide bonds. The van der Waals surface area contributed by atoms with Crippen molar-refractivity contribution in [1.29, 1.82) is 0 Å². The number of halogens is 3. The molecule has 0 spiro atoms. The molecule has 0 saturated heterocycles. The molecule has 1 aromatic heterocycles. The van der Waals surface area contributed by atoms with Crippen molar-refractivity contribution in [2.24, 2.45) is 0 Å². The molecule has 3 aromatic rings. The van der Waals surface area contributed by atoms with Gasteiger partial charge in [-0.3, -0.25) is 9.59 Å². The molecule has 0 bridgehead atoms. The van der Waals surface area contributed by atoms with E-state index in [0.717, 1.165) is 18.6 Å². The van der Waals surface area contributed by atoms with E-state index in [-0.39, 0.29) is 11.6 Å². The lowest BCUT2D eigenvalue weighted by Gasteiger charge is -2.11. The molecule has 10 heteroatoms. The van der Waals surface area contributed by atoms with E-state index in [4.69, 9.17) is 4.74 Å². The second kappa shape index (κ2) is 9.99. The average molecular weight is 446 g/mol. The summed E-state index contributed by atoms with van der Waals surface area (Å²) in [6.45, 7) is 2.28. The highest BCUT2D eigenvalue weighted by Crippen LogP contribution is 2.30. The normalized spacial score (nSPS) is 11.1. The maximum absolute atomic E-state index is 12.8. The first-order valence-corrected chi connectivity index (χ1v) is 9.79. The Hall–Kier alpha value is -3.82. The Morgan fingerprint density at radius 2 is 1.81 bits per heavy atom. The van der Waals surface area contributed by atoms with E-state index in [9.17, 15) is 22.8 Å². The van der Waals surface area contributed by atoms with Crippen molar-refractivity contribution in [3.8, 4) is 5.75 Å². The Kier molecular flexibility index (Phi) is 7.14. The fourth-order valence-electron chi connectivity index (χ4n) is 2.84. The van der Waals surface area contributed by atoms with Gasteiger partial charge in [0.05, 0.1) is 11.8 Å². The summed E-state index contributed by atoms with van der Waals surface area (Å²) in [5.74, 6) is -0.0211. The van der Waals surface area contributed by atoms with Crippen LogP contribution in [0.4, 0.5) is 24.7 Å². The number of carbonyl (C=O) groups is 2. The van der Waals surface area contributed by atoms with Gasteiger partial charge < -0.3 is 15.4 Å². The van der Waals surface area contributed by atoms with Gasteiger partial charge in [-0.2, -0.15) is 18.3 Å². The second-order valence-electron chi connectivity index (χ2n) is 6.83. The van der Waals surface area contributed by atoms with Crippen LogP contribution in [0.15, 0.2) is 60.8 Å². The van der Waals surface area contributed by atoms with Crippen LogP contribution >= 0.6 is 0 Å². The van der Waals surface area contributed by atoms with Crippen molar-refractivity contribution in [2.75, 3.05) is 17.2 Å². The Morgan fingerprint density at radius 3 is 2.50 bits per heavy atom. The van der Waals surface area contributed by atoms with E-state index in [1.165, 1.54) is 36.4 Å². The summed E-state index contributed by atoms with van der Waals surface area (Å²) in [4.78, 5) is 24.4. The molecule has 0 aliphatic heterocycles. The molecule has 0 fully saturated rings. The Balaban J connectivity index is 1.53. The SMILES string of the molecule is CCCn1nccc1NC(=O)c1ccc(OCC(=O)Nc2cccc(C(F)(F)F)c2)cc1. The molecule has 2 aromatic carbocycles. The molecule has 32 heavy (non-hydrogen) atoms. The van der Waals surface area contributed by atoms with Gasteiger partial charge in [0, 0.05) is 23.9 Å². The Morgan fingerprint density at radius 1 is 1.06 bits per heavy atom. The number of amides is 2. The van der Waals surface area contributed by atoms with Crippen molar-refractivity contribution in [1.82, 2.24) is 9.78 Å². The van der Waals surface area contributed by atoms with E-state index < -0.39 is 24.3 Å². The minimum Gasteiger partial charge on any atom is -0.484 e. The zero-order valence-electron chi connectivity index (χ0n) is 17.1. The number of benzene rings is 2. The lowest BCUT2D eigenvalue weighted by molar-refractivity contribution is -0.137. The lowest BCUT2D eigenvalue weighted by atomic mass is 10.2. The van der Waals surface area contributed by atoms with E-state index in [1.807, 2.05) is 6.92 Å². The highest BCUT2D eigenvalue weighted by molar-refractivity contribution is 6.03. The van der Waals surface area contributed by atoms with Crippen molar-refractivity contribution in [3.63, 3.8) is 0 Å². The topological polar surface area (TPSA) is 85.2 Å². The standard InChI is InChI=1S/C22H21F3N4O3/c1-2-12-29-19(10-11-26-29)28-21(31)15-6-8-18(9-7-15)32-14-20(30)27-17-5-3-4-16(13-17)22(23,24)25/h3-11,13H,2,12,14H2,1H3,(H,27,30)(H,28,31). The van der Waals surface area contributed by atoms with Gasteiger partial charge in [0.15, 0.2) is 6.61 Å². The lowest BCUT2D eigenvalue weighted by Crippen LogP contribution is -2.20. The molecule has 168 valence electrons. The van der Waals surface area contributed by atoms with Crippen LogP contribution in [0.1, 0.15) is 29.3 Å². The summed E-state index contributed by atoms with van der Waals surface area (Å²) < 4.78 is 45.3. The number of nitrogens with zero attached hydrogens (tertiary/aromatic N) is 2. The van der Waals surface area contributed by atoms with Crippen LogP contribution in [0, 0.1) is 0 Å². The Labute approximate surface area is 182 Å². The molecule has 0 aliphatic rings. The van der Waals surface area contributed by atoms with Crippen molar-refractivity contribution in [3.05, 3.63) is 71.9 Å². The van der Waals surface area contributed by atoms with Gasteiger partial charge in [-0.15, -0.1) is 0 Å². The van der Waals surface area contributed by atoms with Crippen LogP contribution in [0.25, 0.3) is 0 Å². The number of aryl methyl sites for hydroxylation is 1. The highest BCUT2D eigenvalue weighted by atomic mass is 19.4. The number of ether oxygens (including phenoxy) is 1. The first kappa shape index (κ1) is 22.9. The van der Waals surface area contributed by atoms with Crippen molar-refractivity contribution >= 4 is 23.3 Å². The van der Waals surface area contributed by atoms with Crippen LogP contribution in [0.2, 0.25) is 0 Å². The van der Waals surface area contributed by atoms with Gasteiger partial charge in [-0.1, -0.05) is 13.0 Å².